The van der Waals surface area contributed by atoms with Crippen LogP contribution in [0.2, 0.25) is 0 Å². The van der Waals surface area contributed by atoms with Gasteiger partial charge in [-0.25, -0.2) is 4.39 Å². The number of halogens is 1. The van der Waals surface area contributed by atoms with Gasteiger partial charge in [0.1, 0.15) is 5.82 Å². The molecule has 0 aromatic heterocycles. The molecule has 0 bridgehead atoms. The second kappa shape index (κ2) is 5.48. The maximum Gasteiger partial charge on any atom is 0.227 e. The lowest BCUT2D eigenvalue weighted by atomic mass is 10.0. The minimum atomic E-state index is -0.259. The minimum Gasteiger partial charge on any atom is -0.341 e. The van der Waals surface area contributed by atoms with Gasteiger partial charge in [0.15, 0.2) is 0 Å². The van der Waals surface area contributed by atoms with Crippen LogP contribution in [0.15, 0.2) is 24.3 Å². The molecule has 1 amide bonds. The molecule has 1 aromatic rings. The van der Waals surface area contributed by atoms with Crippen LogP contribution in [0.3, 0.4) is 0 Å². The molecule has 2 atom stereocenters. The van der Waals surface area contributed by atoms with Crippen molar-refractivity contribution in [2.24, 2.45) is 11.7 Å². The van der Waals surface area contributed by atoms with Crippen molar-refractivity contribution in [1.82, 2.24) is 4.90 Å². The maximum atomic E-state index is 12.8. The van der Waals surface area contributed by atoms with Gasteiger partial charge in [-0.05, 0) is 30.5 Å². The third-order valence-corrected chi connectivity index (χ3v) is 3.60. The second-order valence-electron chi connectivity index (χ2n) is 5.02. The average Bonchev–Trinajstić information content (AvgIpc) is 2.77. The second-order valence-corrected chi connectivity index (χ2v) is 5.02. The largest absolute Gasteiger partial charge is 0.341 e. The predicted octanol–water partition coefficient (Wildman–Crippen LogP) is 1.91. The van der Waals surface area contributed by atoms with Crippen LogP contribution in [0.1, 0.15) is 24.8 Å². The Morgan fingerprint density at radius 2 is 2.06 bits per heavy atom. The Bertz CT molecular complexity index is 418. The third kappa shape index (κ3) is 2.88. The van der Waals surface area contributed by atoms with Crippen molar-refractivity contribution in [3.05, 3.63) is 35.6 Å². The lowest BCUT2D eigenvalue weighted by Gasteiger charge is -2.23. The zero-order valence-corrected chi connectivity index (χ0v) is 10.6. The van der Waals surface area contributed by atoms with E-state index in [2.05, 4.69) is 0 Å². The molecule has 1 saturated carbocycles. The molecule has 0 radical (unpaired) electrons. The van der Waals surface area contributed by atoms with E-state index in [4.69, 9.17) is 5.73 Å². The normalized spacial score (nSPS) is 23.1. The van der Waals surface area contributed by atoms with Crippen LogP contribution in [0.5, 0.6) is 0 Å². The van der Waals surface area contributed by atoms with Gasteiger partial charge in [0.05, 0.1) is 5.92 Å². The SMILES string of the molecule is CN(Cc1ccc(F)cc1)C(=O)C1CCCC1N. The van der Waals surface area contributed by atoms with Gasteiger partial charge in [0, 0.05) is 19.6 Å². The number of carbonyl (C=O) groups excluding carboxylic acids is 1. The minimum absolute atomic E-state index is 0.00633. The first kappa shape index (κ1) is 13.0. The Balaban J connectivity index is 1.97. The molecular formula is C14H19FN2O. The maximum absolute atomic E-state index is 12.8. The molecule has 4 heteroatoms. The quantitative estimate of drug-likeness (QED) is 0.890. The summed E-state index contributed by atoms with van der Waals surface area (Å²) in [5.41, 5.74) is 6.86. The van der Waals surface area contributed by atoms with E-state index in [1.165, 1.54) is 12.1 Å². The van der Waals surface area contributed by atoms with Crippen molar-refractivity contribution in [2.75, 3.05) is 7.05 Å². The molecule has 0 heterocycles. The van der Waals surface area contributed by atoms with Gasteiger partial charge < -0.3 is 10.6 Å². The highest BCUT2D eigenvalue weighted by molar-refractivity contribution is 5.79. The Hall–Kier alpha value is -1.42. The number of benzene rings is 1. The first-order valence-corrected chi connectivity index (χ1v) is 6.33. The molecule has 2 unspecified atom stereocenters. The van der Waals surface area contributed by atoms with E-state index in [0.29, 0.717) is 6.54 Å². The van der Waals surface area contributed by atoms with Crippen molar-refractivity contribution in [3.8, 4) is 0 Å². The van der Waals surface area contributed by atoms with E-state index in [1.807, 2.05) is 0 Å². The highest BCUT2D eigenvalue weighted by Crippen LogP contribution is 2.26. The summed E-state index contributed by atoms with van der Waals surface area (Å²) >= 11 is 0. The fraction of sp³-hybridized carbons (Fsp3) is 0.500. The summed E-state index contributed by atoms with van der Waals surface area (Å²) in [4.78, 5) is 13.9. The van der Waals surface area contributed by atoms with Crippen LogP contribution in [-0.2, 0) is 11.3 Å². The number of rotatable bonds is 3. The molecule has 1 aliphatic rings. The van der Waals surface area contributed by atoms with E-state index in [0.717, 1.165) is 24.8 Å². The smallest absolute Gasteiger partial charge is 0.227 e. The summed E-state index contributed by atoms with van der Waals surface area (Å²) < 4.78 is 12.8. The van der Waals surface area contributed by atoms with Crippen molar-refractivity contribution in [2.45, 2.75) is 31.8 Å². The molecule has 1 fully saturated rings. The van der Waals surface area contributed by atoms with Crippen molar-refractivity contribution >= 4 is 5.91 Å². The van der Waals surface area contributed by atoms with Crippen LogP contribution in [0.4, 0.5) is 4.39 Å². The zero-order valence-electron chi connectivity index (χ0n) is 10.6. The standard InChI is InChI=1S/C14H19FN2O/c1-17(9-10-5-7-11(15)8-6-10)14(18)12-3-2-4-13(12)16/h5-8,12-13H,2-4,9,16H2,1H3. The topological polar surface area (TPSA) is 46.3 Å². The Labute approximate surface area is 107 Å². The van der Waals surface area contributed by atoms with Crippen LogP contribution in [0, 0.1) is 11.7 Å². The number of nitrogens with zero attached hydrogens (tertiary/aromatic N) is 1. The number of amides is 1. The van der Waals surface area contributed by atoms with Gasteiger partial charge in [0.25, 0.3) is 0 Å². The Kier molecular flexibility index (Phi) is 3.97. The number of carbonyl (C=O) groups is 1. The summed E-state index contributed by atoms with van der Waals surface area (Å²) in [6.45, 7) is 0.502. The van der Waals surface area contributed by atoms with Crippen molar-refractivity contribution in [3.63, 3.8) is 0 Å². The summed E-state index contributed by atoms with van der Waals surface area (Å²) in [5.74, 6) is -0.203. The van der Waals surface area contributed by atoms with E-state index in [-0.39, 0.29) is 23.7 Å². The summed E-state index contributed by atoms with van der Waals surface area (Å²) in [7, 11) is 1.77. The molecule has 0 spiro atoms. The van der Waals surface area contributed by atoms with Crippen LogP contribution >= 0.6 is 0 Å². The van der Waals surface area contributed by atoms with Crippen LogP contribution in [0.25, 0.3) is 0 Å². The molecule has 0 aliphatic heterocycles. The van der Waals surface area contributed by atoms with Gasteiger partial charge in [-0.2, -0.15) is 0 Å². The summed E-state index contributed by atoms with van der Waals surface area (Å²) in [6.07, 6.45) is 2.84. The Morgan fingerprint density at radius 1 is 1.39 bits per heavy atom. The van der Waals surface area contributed by atoms with E-state index >= 15 is 0 Å². The number of hydrogen-bond donors (Lipinski definition) is 1. The van der Waals surface area contributed by atoms with Gasteiger partial charge in [-0.3, -0.25) is 4.79 Å². The molecular weight excluding hydrogens is 231 g/mol. The van der Waals surface area contributed by atoms with E-state index in [1.54, 1.807) is 24.1 Å². The van der Waals surface area contributed by atoms with Gasteiger partial charge in [0.2, 0.25) is 5.91 Å². The monoisotopic (exact) mass is 250 g/mol. The predicted molar refractivity (Wildman–Crippen MR) is 68.2 cm³/mol. The van der Waals surface area contributed by atoms with Gasteiger partial charge >= 0.3 is 0 Å². The van der Waals surface area contributed by atoms with E-state index < -0.39 is 0 Å². The molecule has 3 nitrogen and oxygen atoms in total. The lowest BCUT2D eigenvalue weighted by molar-refractivity contribution is -0.134. The summed E-state index contributed by atoms with van der Waals surface area (Å²) in [6, 6.07) is 6.22. The molecule has 2 N–H and O–H groups in total. The molecule has 1 aromatic carbocycles. The molecule has 18 heavy (non-hydrogen) atoms. The summed E-state index contributed by atoms with van der Waals surface area (Å²) in [5, 5.41) is 0. The third-order valence-electron chi connectivity index (χ3n) is 3.60. The van der Waals surface area contributed by atoms with Crippen LogP contribution < -0.4 is 5.73 Å². The highest BCUT2D eigenvalue weighted by Gasteiger charge is 2.32. The number of nitrogens with two attached hydrogens (primary N) is 1. The van der Waals surface area contributed by atoms with Gasteiger partial charge in [-0.15, -0.1) is 0 Å². The molecule has 1 aliphatic carbocycles. The first-order chi connectivity index (χ1) is 8.58. The van der Waals surface area contributed by atoms with Crippen molar-refractivity contribution < 1.29 is 9.18 Å². The lowest BCUT2D eigenvalue weighted by Crippen LogP contribution is -2.39. The zero-order chi connectivity index (χ0) is 13.1. The van der Waals surface area contributed by atoms with E-state index in [9.17, 15) is 9.18 Å². The Morgan fingerprint density at radius 3 is 2.61 bits per heavy atom. The average molecular weight is 250 g/mol. The molecule has 98 valence electrons. The first-order valence-electron chi connectivity index (χ1n) is 6.33. The van der Waals surface area contributed by atoms with Gasteiger partial charge in [-0.1, -0.05) is 18.6 Å². The molecule has 0 saturated heterocycles. The van der Waals surface area contributed by atoms with Crippen molar-refractivity contribution in [1.29, 1.82) is 0 Å². The number of hydrogen-bond acceptors (Lipinski definition) is 2. The highest BCUT2D eigenvalue weighted by atomic mass is 19.1. The fourth-order valence-electron chi connectivity index (χ4n) is 2.52. The fourth-order valence-corrected chi connectivity index (χ4v) is 2.52. The van der Waals surface area contributed by atoms with Crippen LogP contribution in [-0.4, -0.2) is 23.9 Å². The molecule has 2 rings (SSSR count).